The lowest BCUT2D eigenvalue weighted by Crippen LogP contribution is -2.43. The summed E-state index contributed by atoms with van der Waals surface area (Å²) in [4.78, 5) is 31.3. The van der Waals surface area contributed by atoms with Gasteiger partial charge in [0.1, 0.15) is 11.5 Å². The minimum atomic E-state index is -0.192. The van der Waals surface area contributed by atoms with E-state index in [1.807, 2.05) is 30.3 Å². The minimum Gasteiger partial charge on any atom is -0.471 e. The lowest BCUT2D eigenvalue weighted by atomic mass is 9.97. The molecule has 3 N–H and O–H groups in total. The van der Waals surface area contributed by atoms with E-state index in [-0.39, 0.29) is 17.9 Å². The smallest absolute Gasteiger partial charge is 0.255 e. The van der Waals surface area contributed by atoms with E-state index in [1.54, 1.807) is 23.2 Å². The Labute approximate surface area is 233 Å². The Morgan fingerprint density at radius 1 is 1.18 bits per heavy atom. The molecule has 9 heteroatoms. The third kappa shape index (κ3) is 5.83. The maximum atomic E-state index is 13.1. The van der Waals surface area contributed by atoms with Gasteiger partial charge in [0.2, 0.25) is 11.8 Å². The number of fused-ring (bicyclic) bond motifs is 1. The first kappa shape index (κ1) is 26.9. The van der Waals surface area contributed by atoms with Gasteiger partial charge in [0, 0.05) is 29.7 Å². The number of aromatic nitrogens is 3. The number of ether oxygens (including phenoxy) is 1. The standard InChI is InChI=1S/C31H34N6O3/c1-5-27(38)37-15-7-10-24(18-37)40-31-28-26(13-14-32-29(28)35-36-31)33-22-9-6-8-21(17-22)30(39)34-23-11-12-25(19(2)3)20(4)16-23/h5-6,8-9,11-14,16-17,19,24H,1,7,10,15,18H2,2-4H3,(H,34,39)(H2,32,33,35,36). The first-order valence-electron chi connectivity index (χ1n) is 13.5. The van der Waals surface area contributed by atoms with Crippen LogP contribution in [-0.4, -0.2) is 51.1 Å². The molecule has 0 radical (unpaired) electrons. The number of rotatable bonds is 8. The number of likely N-dealkylation sites (tertiary alicyclic amines) is 1. The largest absolute Gasteiger partial charge is 0.471 e. The molecule has 3 heterocycles. The van der Waals surface area contributed by atoms with Crippen LogP contribution in [0.1, 0.15) is 54.1 Å². The summed E-state index contributed by atoms with van der Waals surface area (Å²) in [6.45, 7) is 11.1. The zero-order valence-electron chi connectivity index (χ0n) is 23.0. The third-order valence-electron chi connectivity index (χ3n) is 7.12. The predicted molar refractivity (Wildman–Crippen MR) is 157 cm³/mol. The van der Waals surface area contributed by atoms with Crippen molar-refractivity contribution in [2.24, 2.45) is 0 Å². The van der Waals surface area contributed by atoms with E-state index in [2.05, 4.69) is 59.2 Å². The Morgan fingerprint density at radius 2 is 2.02 bits per heavy atom. The number of aromatic amines is 1. The highest BCUT2D eigenvalue weighted by Gasteiger charge is 2.25. The van der Waals surface area contributed by atoms with Gasteiger partial charge < -0.3 is 20.3 Å². The number of aryl methyl sites for hydroxylation is 1. The van der Waals surface area contributed by atoms with Gasteiger partial charge in [-0.15, -0.1) is 5.10 Å². The van der Waals surface area contributed by atoms with Crippen molar-refractivity contribution in [2.45, 2.75) is 45.6 Å². The quantitative estimate of drug-likeness (QED) is 0.239. The second-order valence-corrected chi connectivity index (χ2v) is 10.4. The van der Waals surface area contributed by atoms with Crippen LogP contribution in [0.15, 0.2) is 67.4 Å². The second-order valence-electron chi connectivity index (χ2n) is 10.4. The number of nitrogens with zero attached hydrogens (tertiary/aromatic N) is 3. The SMILES string of the molecule is C=CC(=O)N1CCCC(Oc2n[nH]c3nccc(Nc4cccc(C(=O)Nc5ccc(C(C)C)c(C)c5)c4)c23)C1. The van der Waals surface area contributed by atoms with E-state index in [0.717, 1.165) is 35.5 Å². The highest BCUT2D eigenvalue weighted by Crippen LogP contribution is 2.33. The third-order valence-corrected chi connectivity index (χ3v) is 7.12. The lowest BCUT2D eigenvalue weighted by molar-refractivity contribution is -0.128. The van der Waals surface area contributed by atoms with Gasteiger partial charge in [-0.1, -0.05) is 32.6 Å². The molecule has 2 aromatic carbocycles. The molecule has 1 fully saturated rings. The van der Waals surface area contributed by atoms with Crippen molar-refractivity contribution >= 4 is 39.9 Å². The average molecular weight is 539 g/mol. The van der Waals surface area contributed by atoms with Crippen LogP contribution in [0.25, 0.3) is 11.0 Å². The van der Waals surface area contributed by atoms with E-state index in [1.165, 1.54) is 11.6 Å². The minimum absolute atomic E-state index is 0.101. The molecular weight excluding hydrogens is 504 g/mol. The fourth-order valence-corrected chi connectivity index (χ4v) is 5.13. The van der Waals surface area contributed by atoms with Crippen molar-refractivity contribution in [2.75, 3.05) is 23.7 Å². The molecule has 9 nitrogen and oxygen atoms in total. The van der Waals surface area contributed by atoms with Crippen molar-refractivity contribution in [1.29, 1.82) is 0 Å². The highest BCUT2D eigenvalue weighted by molar-refractivity contribution is 6.05. The van der Waals surface area contributed by atoms with Gasteiger partial charge >= 0.3 is 0 Å². The zero-order valence-corrected chi connectivity index (χ0v) is 23.0. The molecule has 0 aliphatic carbocycles. The van der Waals surface area contributed by atoms with Crippen molar-refractivity contribution in [3.63, 3.8) is 0 Å². The lowest BCUT2D eigenvalue weighted by Gasteiger charge is -2.31. The summed E-state index contributed by atoms with van der Waals surface area (Å²) in [5.74, 6) is 0.545. The van der Waals surface area contributed by atoms with Crippen molar-refractivity contribution in [3.05, 3.63) is 84.1 Å². The van der Waals surface area contributed by atoms with E-state index in [0.29, 0.717) is 41.5 Å². The van der Waals surface area contributed by atoms with Crippen LogP contribution in [0.3, 0.4) is 0 Å². The molecule has 5 rings (SSSR count). The van der Waals surface area contributed by atoms with Crippen LogP contribution in [-0.2, 0) is 4.79 Å². The number of hydrogen-bond acceptors (Lipinski definition) is 6. The Balaban J connectivity index is 1.33. The normalized spacial score (nSPS) is 15.2. The number of carbonyl (C=O) groups excluding carboxylic acids is 2. The molecule has 0 saturated carbocycles. The van der Waals surface area contributed by atoms with E-state index < -0.39 is 0 Å². The van der Waals surface area contributed by atoms with Crippen LogP contribution in [0, 0.1) is 6.92 Å². The molecule has 1 saturated heterocycles. The number of piperidine rings is 1. The molecular formula is C31H34N6O3. The van der Waals surface area contributed by atoms with Crippen molar-refractivity contribution < 1.29 is 14.3 Å². The number of nitrogens with one attached hydrogen (secondary N) is 3. The molecule has 40 heavy (non-hydrogen) atoms. The Kier molecular flexibility index (Phi) is 7.82. The Bertz CT molecular complexity index is 1560. The van der Waals surface area contributed by atoms with E-state index >= 15 is 0 Å². The Morgan fingerprint density at radius 3 is 2.80 bits per heavy atom. The summed E-state index contributed by atoms with van der Waals surface area (Å²) in [7, 11) is 0. The predicted octanol–water partition coefficient (Wildman–Crippen LogP) is 5.94. The van der Waals surface area contributed by atoms with Gasteiger partial charge in [0.05, 0.1) is 12.2 Å². The average Bonchev–Trinajstić information content (AvgIpc) is 3.36. The molecule has 2 amide bonds. The molecule has 2 aromatic heterocycles. The molecule has 1 aliphatic rings. The molecule has 0 bridgehead atoms. The van der Waals surface area contributed by atoms with Gasteiger partial charge in [-0.3, -0.25) is 14.7 Å². The fourth-order valence-electron chi connectivity index (χ4n) is 5.13. The molecule has 1 atom stereocenters. The number of carbonyl (C=O) groups is 2. The first-order valence-corrected chi connectivity index (χ1v) is 13.5. The molecule has 4 aromatic rings. The maximum Gasteiger partial charge on any atom is 0.255 e. The molecule has 206 valence electrons. The van der Waals surface area contributed by atoms with E-state index in [9.17, 15) is 9.59 Å². The summed E-state index contributed by atoms with van der Waals surface area (Å²) in [6, 6.07) is 15.2. The van der Waals surface area contributed by atoms with Crippen LogP contribution in [0.4, 0.5) is 17.1 Å². The van der Waals surface area contributed by atoms with Crippen molar-refractivity contribution in [3.8, 4) is 5.88 Å². The first-order chi connectivity index (χ1) is 19.3. The number of benzene rings is 2. The topological polar surface area (TPSA) is 112 Å². The fraction of sp³-hybridized carbons (Fsp3) is 0.290. The van der Waals surface area contributed by atoms with Crippen LogP contribution in [0.2, 0.25) is 0 Å². The summed E-state index contributed by atoms with van der Waals surface area (Å²) < 4.78 is 6.26. The summed E-state index contributed by atoms with van der Waals surface area (Å²) in [5.41, 5.74) is 5.75. The van der Waals surface area contributed by atoms with Gasteiger partial charge in [0.25, 0.3) is 5.91 Å². The van der Waals surface area contributed by atoms with E-state index in [4.69, 9.17) is 4.74 Å². The summed E-state index contributed by atoms with van der Waals surface area (Å²) >= 11 is 0. The van der Waals surface area contributed by atoms with Gasteiger partial charge in [-0.2, -0.15) is 0 Å². The molecule has 1 unspecified atom stereocenters. The van der Waals surface area contributed by atoms with Gasteiger partial charge in [-0.05, 0) is 79.3 Å². The maximum absolute atomic E-state index is 13.1. The van der Waals surface area contributed by atoms with Crippen LogP contribution >= 0.6 is 0 Å². The number of amides is 2. The van der Waals surface area contributed by atoms with Crippen molar-refractivity contribution in [1.82, 2.24) is 20.1 Å². The number of hydrogen-bond donors (Lipinski definition) is 3. The van der Waals surface area contributed by atoms with Gasteiger partial charge in [-0.25, -0.2) is 4.98 Å². The second kappa shape index (κ2) is 11.6. The number of pyridine rings is 1. The highest BCUT2D eigenvalue weighted by atomic mass is 16.5. The summed E-state index contributed by atoms with van der Waals surface area (Å²) in [5, 5.41) is 14.4. The Hall–Kier alpha value is -4.66. The van der Waals surface area contributed by atoms with Gasteiger partial charge in [0.15, 0.2) is 5.65 Å². The van der Waals surface area contributed by atoms with Crippen LogP contribution in [0.5, 0.6) is 5.88 Å². The monoisotopic (exact) mass is 538 g/mol. The van der Waals surface area contributed by atoms with Crippen LogP contribution < -0.4 is 15.4 Å². The number of anilines is 3. The molecule has 1 aliphatic heterocycles. The zero-order chi connectivity index (χ0) is 28.2. The number of H-pyrrole nitrogens is 1. The molecule has 0 spiro atoms. The summed E-state index contributed by atoms with van der Waals surface area (Å²) in [6.07, 6.45) is 4.47.